The molecule has 1 aromatic rings. The Hall–Kier alpha value is -1.22. The van der Waals surface area contributed by atoms with Gasteiger partial charge < -0.3 is 0 Å². The van der Waals surface area contributed by atoms with Gasteiger partial charge in [-0.15, -0.1) is 6.42 Å². The van der Waals surface area contributed by atoms with Gasteiger partial charge in [-0.05, 0) is 43.5 Å². The van der Waals surface area contributed by atoms with Crippen molar-refractivity contribution < 1.29 is 0 Å². The number of hydrogen-bond donors (Lipinski definition) is 0. The molecule has 11 heavy (non-hydrogen) atoms. The molecule has 0 aliphatic carbocycles. The average Bonchev–Trinajstić information content (AvgIpc) is 1.97. The van der Waals surface area contributed by atoms with Crippen LogP contribution < -0.4 is 0 Å². The quantitative estimate of drug-likeness (QED) is 0.491. The van der Waals surface area contributed by atoms with E-state index in [9.17, 15) is 0 Å². The number of benzene rings is 1. The van der Waals surface area contributed by atoms with Gasteiger partial charge in [0.15, 0.2) is 0 Å². The van der Waals surface area contributed by atoms with Crippen LogP contribution >= 0.6 is 0 Å². The van der Waals surface area contributed by atoms with E-state index in [2.05, 4.69) is 31.9 Å². The van der Waals surface area contributed by atoms with Crippen LogP contribution in [0.2, 0.25) is 0 Å². The second kappa shape index (κ2) is 2.80. The van der Waals surface area contributed by atoms with E-state index in [1.54, 1.807) is 0 Å². The molecule has 0 heteroatoms. The van der Waals surface area contributed by atoms with Crippen LogP contribution in [0.5, 0.6) is 0 Å². The van der Waals surface area contributed by atoms with Gasteiger partial charge in [-0.2, -0.15) is 0 Å². The normalized spacial score (nSPS) is 9.27. The van der Waals surface area contributed by atoms with Crippen LogP contribution in [-0.2, 0) is 0 Å². The Morgan fingerprint density at radius 1 is 1.00 bits per heavy atom. The third-order valence-corrected chi connectivity index (χ3v) is 2.00. The highest BCUT2D eigenvalue weighted by Crippen LogP contribution is 2.13. The molecule has 0 radical (unpaired) electrons. The lowest BCUT2D eigenvalue weighted by Crippen LogP contribution is -1.87. The van der Waals surface area contributed by atoms with Crippen LogP contribution in [0.4, 0.5) is 0 Å². The average molecular weight is 144 g/mol. The summed E-state index contributed by atoms with van der Waals surface area (Å²) in [6.45, 7) is 6.22. The standard InChI is InChI=1S/C11H12/c1-5-11-7-9(3)8(2)6-10(11)4/h1,6-7H,2-4H3. The molecule has 0 amide bonds. The van der Waals surface area contributed by atoms with Gasteiger partial charge in [-0.3, -0.25) is 0 Å². The smallest absolute Gasteiger partial charge is 0.0274 e. The van der Waals surface area contributed by atoms with Crippen molar-refractivity contribution in [2.45, 2.75) is 20.8 Å². The first-order chi connectivity index (χ1) is 5.15. The summed E-state index contributed by atoms with van der Waals surface area (Å²) >= 11 is 0. The summed E-state index contributed by atoms with van der Waals surface area (Å²) in [5.74, 6) is 2.66. The lowest BCUT2D eigenvalue weighted by Gasteiger charge is -2.03. The SMILES string of the molecule is C#Cc1cc(C)c(C)cc1C. The van der Waals surface area contributed by atoms with Gasteiger partial charge >= 0.3 is 0 Å². The molecule has 0 N–H and O–H groups in total. The van der Waals surface area contributed by atoms with E-state index in [1.165, 1.54) is 16.7 Å². The third kappa shape index (κ3) is 1.43. The first kappa shape index (κ1) is 7.88. The maximum absolute atomic E-state index is 5.32. The van der Waals surface area contributed by atoms with Crippen molar-refractivity contribution in [3.8, 4) is 12.3 Å². The molecule has 0 saturated heterocycles. The van der Waals surface area contributed by atoms with E-state index in [0.717, 1.165) is 5.56 Å². The minimum absolute atomic E-state index is 1.01. The van der Waals surface area contributed by atoms with E-state index in [0.29, 0.717) is 0 Å². The fourth-order valence-electron chi connectivity index (χ4n) is 1.12. The lowest BCUT2D eigenvalue weighted by atomic mass is 10.0. The van der Waals surface area contributed by atoms with Gasteiger partial charge in [0.1, 0.15) is 0 Å². The maximum Gasteiger partial charge on any atom is 0.0274 e. The molecule has 0 fully saturated rings. The maximum atomic E-state index is 5.32. The van der Waals surface area contributed by atoms with E-state index in [1.807, 2.05) is 6.92 Å². The van der Waals surface area contributed by atoms with Crippen molar-refractivity contribution >= 4 is 0 Å². The second-order valence-corrected chi connectivity index (χ2v) is 2.90. The zero-order chi connectivity index (χ0) is 8.43. The highest BCUT2D eigenvalue weighted by molar-refractivity contribution is 5.44. The summed E-state index contributed by atoms with van der Waals surface area (Å²) in [6, 6.07) is 4.19. The van der Waals surface area contributed by atoms with Crippen LogP contribution in [0.1, 0.15) is 22.3 Å². The molecule has 0 unspecified atom stereocenters. The minimum Gasteiger partial charge on any atom is -0.115 e. The highest BCUT2D eigenvalue weighted by Gasteiger charge is 1.97. The Kier molecular flexibility index (Phi) is 2.01. The van der Waals surface area contributed by atoms with Crippen LogP contribution in [0, 0.1) is 33.1 Å². The van der Waals surface area contributed by atoms with Crippen molar-refractivity contribution in [1.29, 1.82) is 0 Å². The van der Waals surface area contributed by atoms with Gasteiger partial charge in [0.2, 0.25) is 0 Å². The molecule has 1 aromatic carbocycles. The van der Waals surface area contributed by atoms with Gasteiger partial charge in [0, 0.05) is 5.56 Å². The third-order valence-electron chi connectivity index (χ3n) is 2.00. The Morgan fingerprint density at radius 2 is 1.55 bits per heavy atom. The van der Waals surface area contributed by atoms with Crippen molar-refractivity contribution in [1.82, 2.24) is 0 Å². The van der Waals surface area contributed by atoms with Gasteiger partial charge in [-0.1, -0.05) is 12.0 Å². The number of terminal acetylenes is 1. The summed E-state index contributed by atoms with van der Waals surface area (Å²) in [4.78, 5) is 0. The molecular weight excluding hydrogens is 132 g/mol. The largest absolute Gasteiger partial charge is 0.115 e. The predicted molar refractivity (Wildman–Crippen MR) is 48.6 cm³/mol. The molecule has 0 bridgehead atoms. The van der Waals surface area contributed by atoms with Crippen LogP contribution in [0.25, 0.3) is 0 Å². The lowest BCUT2D eigenvalue weighted by molar-refractivity contribution is 1.28. The Bertz CT molecular complexity index is 314. The van der Waals surface area contributed by atoms with Gasteiger partial charge in [0.05, 0.1) is 0 Å². The summed E-state index contributed by atoms with van der Waals surface area (Å²) in [6.07, 6.45) is 5.32. The molecule has 0 nitrogen and oxygen atoms in total. The topological polar surface area (TPSA) is 0 Å². The molecular formula is C11H12. The molecule has 0 atom stereocenters. The van der Waals surface area contributed by atoms with Crippen molar-refractivity contribution in [3.63, 3.8) is 0 Å². The van der Waals surface area contributed by atoms with Crippen LogP contribution in [-0.4, -0.2) is 0 Å². The zero-order valence-corrected chi connectivity index (χ0v) is 7.23. The fourth-order valence-corrected chi connectivity index (χ4v) is 1.12. The molecule has 0 aliphatic heterocycles. The summed E-state index contributed by atoms with van der Waals surface area (Å²) in [7, 11) is 0. The molecule has 56 valence electrons. The monoisotopic (exact) mass is 144 g/mol. The first-order valence-corrected chi connectivity index (χ1v) is 3.69. The Morgan fingerprint density at radius 3 is 2.09 bits per heavy atom. The zero-order valence-electron chi connectivity index (χ0n) is 7.23. The van der Waals surface area contributed by atoms with Crippen molar-refractivity contribution in [2.24, 2.45) is 0 Å². The molecule has 1 rings (SSSR count). The first-order valence-electron chi connectivity index (χ1n) is 3.69. The fraction of sp³-hybridized carbons (Fsp3) is 0.273. The Labute approximate surface area is 68.3 Å². The van der Waals surface area contributed by atoms with E-state index in [4.69, 9.17) is 6.42 Å². The van der Waals surface area contributed by atoms with E-state index < -0.39 is 0 Å². The second-order valence-electron chi connectivity index (χ2n) is 2.90. The van der Waals surface area contributed by atoms with Crippen molar-refractivity contribution in [3.05, 3.63) is 34.4 Å². The molecule has 0 saturated carbocycles. The van der Waals surface area contributed by atoms with Gasteiger partial charge in [0.25, 0.3) is 0 Å². The molecule has 0 aliphatic rings. The summed E-state index contributed by atoms with van der Waals surface area (Å²) in [5.41, 5.74) is 4.77. The molecule has 0 heterocycles. The summed E-state index contributed by atoms with van der Waals surface area (Å²) < 4.78 is 0. The summed E-state index contributed by atoms with van der Waals surface area (Å²) in [5, 5.41) is 0. The van der Waals surface area contributed by atoms with E-state index in [-0.39, 0.29) is 0 Å². The Balaban J connectivity index is 3.35. The number of rotatable bonds is 0. The minimum atomic E-state index is 1.01. The van der Waals surface area contributed by atoms with E-state index >= 15 is 0 Å². The van der Waals surface area contributed by atoms with Crippen LogP contribution in [0.3, 0.4) is 0 Å². The number of aryl methyl sites for hydroxylation is 3. The van der Waals surface area contributed by atoms with Crippen molar-refractivity contribution in [2.75, 3.05) is 0 Å². The highest BCUT2D eigenvalue weighted by atomic mass is 14.0. The predicted octanol–water partition coefficient (Wildman–Crippen LogP) is 2.59. The molecule has 0 aromatic heterocycles. The van der Waals surface area contributed by atoms with Crippen LogP contribution in [0.15, 0.2) is 12.1 Å². The van der Waals surface area contributed by atoms with Gasteiger partial charge in [-0.25, -0.2) is 0 Å². The number of hydrogen-bond acceptors (Lipinski definition) is 0. The molecule has 0 spiro atoms.